The molecule has 1 fully saturated rings. The Hall–Kier alpha value is -3.13. The lowest BCUT2D eigenvalue weighted by atomic mass is 10.2. The number of anilines is 1. The first-order valence-corrected chi connectivity index (χ1v) is 13.5. The fourth-order valence-electron chi connectivity index (χ4n) is 4.54. The summed E-state index contributed by atoms with van der Waals surface area (Å²) in [6.07, 6.45) is 3.40. The second kappa shape index (κ2) is 9.63. The van der Waals surface area contributed by atoms with Gasteiger partial charge in [0.25, 0.3) is 0 Å². The first kappa shape index (κ1) is 25.5. The van der Waals surface area contributed by atoms with Gasteiger partial charge in [0.05, 0.1) is 22.7 Å². The second-order valence-corrected chi connectivity index (χ2v) is 11.6. The van der Waals surface area contributed by atoms with E-state index in [1.54, 1.807) is 16.4 Å². The molecule has 12 nitrogen and oxygen atoms in total. The van der Waals surface area contributed by atoms with Crippen molar-refractivity contribution in [1.29, 1.82) is 0 Å². The number of aromatic nitrogens is 7. The molecule has 0 amide bonds. The summed E-state index contributed by atoms with van der Waals surface area (Å²) >= 11 is 5.89. The lowest BCUT2D eigenvalue weighted by Crippen LogP contribution is -2.35. The fourth-order valence-corrected chi connectivity index (χ4v) is 5.76. The minimum atomic E-state index is -4.04. The van der Waals surface area contributed by atoms with Gasteiger partial charge in [-0.25, -0.2) is 18.4 Å². The summed E-state index contributed by atoms with van der Waals surface area (Å²) in [7, 11) is 0.829. The van der Waals surface area contributed by atoms with Crippen LogP contribution in [0, 0.1) is 0 Å². The Bertz CT molecular complexity index is 1530. The zero-order chi connectivity index (χ0) is 26.4. The largest absolute Gasteiger partial charge is 0.382 e. The van der Waals surface area contributed by atoms with Crippen molar-refractivity contribution in [2.45, 2.75) is 36.7 Å². The Kier molecular flexibility index (Phi) is 6.64. The van der Waals surface area contributed by atoms with Crippen LogP contribution in [-0.4, -0.2) is 69.0 Å². The number of para-hydroxylation sites is 1. The molecular formula is C23H27ClN8O4S. The van der Waals surface area contributed by atoms with Crippen molar-refractivity contribution in [2.75, 3.05) is 25.5 Å². The van der Waals surface area contributed by atoms with Crippen molar-refractivity contribution in [3.05, 3.63) is 47.5 Å². The number of hydrogen-bond donors (Lipinski definition) is 1. The first-order chi connectivity index (χ1) is 17.7. The van der Waals surface area contributed by atoms with E-state index in [4.69, 9.17) is 21.1 Å². The maximum atomic E-state index is 13.6. The average Bonchev–Trinajstić information content (AvgIpc) is 3.41. The average molecular weight is 547 g/mol. The SMILES string of the molecule is COCC1(n2c(NS(=O)(=O)C(C)C(OC)c3ncc(Cl)cn3)nnc2-c2nn(C)c3ccccc23)CC1. The Morgan fingerprint density at radius 1 is 1.16 bits per heavy atom. The van der Waals surface area contributed by atoms with E-state index in [0.717, 1.165) is 23.7 Å². The van der Waals surface area contributed by atoms with E-state index in [-0.39, 0.29) is 11.8 Å². The van der Waals surface area contributed by atoms with Crippen molar-refractivity contribution in [1.82, 2.24) is 34.5 Å². The molecule has 37 heavy (non-hydrogen) atoms. The monoisotopic (exact) mass is 546 g/mol. The number of sulfonamides is 1. The number of rotatable bonds is 10. The van der Waals surface area contributed by atoms with Gasteiger partial charge in [0.1, 0.15) is 17.0 Å². The van der Waals surface area contributed by atoms with E-state index >= 15 is 0 Å². The lowest BCUT2D eigenvalue weighted by Gasteiger charge is -2.24. The van der Waals surface area contributed by atoms with Gasteiger partial charge in [0.15, 0.2) is 11.6 Å². The topological polar surface area (TPSA) is 139 Å². The van der Waals surface area contributed by atoms with Gasteiger partial charge in [-0.05, 0) is 25.8 Å². The van der Waals surface area contributed by atoms with E-state index in [1.165, 1.54) is 26.4 Å². The lowest BCUT2D eigenvalue weighted by molar-refractivity contribution is 0.0950. The highest BCUT2D eigenvalue weighted by molar-refractivity contribution is 7.93. The van der Waals surface area contributed by atoms with E-state index in [2.05, 4.69) is 30.0 Å². The molecular weight excluding hydrogens is 520 g/mol. The van der Waals surface area contributed by atoms with Crippen LogP contribution in [0.3, 0.4) is 0 Å². The van der Waals surface area contributed by atoms with Crippen LogP contribution < -0.4 is 4.72 Å². The summed E-state index contributed by atoms with van der Waals surface area (Å²) in [6.45, 7) is 1.89. The molecule has 1 aromatic carbocycles. The van der Waals surface area contributed by atoms with Crippen LogP contribution in [0.1, 0.15) is 31.7 Å². The quantitative estimate of drug-likeness (QED) is 0.318. The molecule has 1 N–H and O–H groups in total. The van der Waals surface area contributed by atoms with Crippen molar-refractivity contribution in [2.24, 2.45) is 7.05 Å². The van der Waals surface area contributed by atoms with Crippen molar-refractivity contribution >= 4 is 38.5 Å². The van der Waals surface area contributed by atoms with Crippen LogP contribution in [0.15, 0.2) is 36.7 Å². The third-order valence-corrected chi connectivity index (χ3v) is 8.53. The molecule has 196 valence electrons. The van der Waals surface area contributed by atoms with Gasteiger partial charge >= 0.3 is 0 Å². The van der Waals surface area contributed by atoms with Gasteiger partial charge < -0.3 is 9.47 Å². The number of nitrogens with one attached hydrogen (secondary N) is 1. The summed E-state index contributed by atoms with van der Waals surface area (Å²) in [6, 6.07) is 7.77. The van der Waals surface area contributed by atoms with Crippen molar-refractivity contribution in [3.63, 3.8) is 0 Å². The van der Waals surface area contributed by atoms with Crippen LogP contribution >= 0.6 is 11.6 Å². The first-order valence-electron chi connectivity index (χ1n) is 11.6. The second-order valence-electron chi connectivity index (χ2n) is 9.10. The number of methoxy groups -OCH3 is 2. The van der Waals surface area contributed by atoms with Crippen molar-refractivity contribution < 1.29 is 17.9 Å². The molecule has 14 heteroatoms. The van der Waals surface area contributed by atoms with Crippen LogP contribution in [-0.2, 0) is 32.1 Å². The summed E-state index contributed by atoms with van der Waals surface area (Å²) in [4.78, 5) is 8.27. The minimum absolute atomic E-state index is 0.0815. The molecule has 3 heterocycles. The number of halogens is 1. The number of fused-ring (bicyclic) bond motifs is 1. The zero-order valence-electron chi connectivity index (χ0n) is 20.8. The molecule has 0 aliphatic heterocycles. The summed E-state index contributed by atoms with van der Waals surface area (Å²) in [5.41, 5.74) is 1.04. The molecule has 0 radical (unpaired) electrons. The molecule has 3 aromatic heterocycles. The van der Waals surface area contributed by atoms with Crippen LogP contribution in [0.5, 0.6) is 0 Å². The van der Waals surface area contributed by atoms with Crippen LogP contribution in [0.2, 0.25) is 5.02 Å². The Morgan fingerprint density at radius 2 is 1.86 bits per heavy atom. The van der Waals surface area contributed by atoms with Crippen molar-refractivity contribution in [3.8, 4) is 11.5 Å². The molecule has 1 aliphatic carbocycles. The normalized spacial score (nSPS) is 16.6. The van der Waals surface area contributed by atoms with E-state index in [1.807, 2.05) is 31.3 Å². The zero-order valence-corrected chi connectivity index (χ0v) is 22.4. The number of hydrogen-bond acceptors (Lipinski definition) is 9. The van der Waals surface area contributed by atoms with E-state index in [9.17, 15) is 8.42 Å². The predicted octanol–water partition coefficient (Wildman–Crippen LogP) is 2.93. The summed E-state index contributed by atoms with van der Waals surface area (Å²) in [5.74, 6) is 0.740. The molecule has 2 unspecified atom stereocenters. The maximum Gasteiger partial charge on any atom is 0.240 e. The van der Waals surface area contributed by atoms with Gasteiger partial charge in [0, 0.05) is 39.0 Å². The summed E-state index contributed by atoms with van der Waals surface area (Å²) in [5, 5.41) is 13.5. The molecule has 5 rings (SSSR count). The molecule has 0 saturated heterocycles. The van der Waals surface area contributed by atoms with E-state index < -0.39 is 26.9 Å². The molecule has 4 aromatic rings. The Morgan fingerprint density at radius 3 is 2.51 bits per heavy atom. The molecule has 1 aliphatic rings. The standard InChI is InChI=1S/C23H27ClN8O4S/c1-14(19(36-4)20-25-11-15(24)12-26-20)37(33,34)30-22-28-27-21(32(22)23(9-10-23)13-35-3)18-16-7-5-6-8-17(16)31(2)29-18/h5-8,11-12,14,19H,9-10,13H2,1-4H3,(H,28,30). The highest BCUT2D eigenvalue weighted by Crippen LogP contribution is 2.48. The number of ether oxygens (including phenoxy) is 2. The maximum absolute atomic E-state index is 13.6. The van der Waals surface area contributed by atoms with Gasteiger partial charge in [-0.1, -0.05) is 29.8 Å². The third kappa shape index (κ3) is 4.56. The van der Waals surface area contributed by atoms with Crippen LogP contribution in [0.25, 0.3) is 22.4 Å². The molecule has 0 bridgehead atoms. The smallest absolute Gasteiger partial charge is 0.240 e. The molecule has 1 saturated carbocycles. The molecule has 2 atom stereocenters. The Labute approximate surface area is 219 Å². The van der Waals surface area contributed by atoms with Gasteiger partial charge in [-0.15, -0.1) is 10.2 Å². The number of nitrogens with zero attached hydrogens (tertiary/aromatic N) is 7. The van der Waals surface area contributed by atoms with Gasteiger partial charge in [-0.3, -0.25) is 14.0 Å². The number of benzene rings is 1. The van der Waals surface area contributed by atoms with E-state index in [0.29, 0.717) is 23.1 Å². The third-order valence-electron chi connectivity index (χ3n) is 6.65. The van der Waals surface area contributed by atoms with Gasteiger partial charge in [-0.2, -0.15) is 5.10 Å². The van der Waals surface area contributed by atoms with Gasteiger partial charge in [0.2, 0.25) is 16.0 Å². The summed E-state index contributed by atoms with van der Waals surface area (Å²) < 4.78 is 44.3. The molecule has 0 spiro atoms. The predicted molar refractivity (Wildman–Crippen MR) is 138 cm³/mol. The number of aryl methyl sites for hydroxylation is 1. The minimum Gasteiger partial charge on any atom is -0.382 e. The van der Waals surface area contributed by atoms with Crippen LogP contribution in [0.4, 0.5) is 5.95 Å². The fraction of sp³-hybridized carbons (Fsp3) is 0.435. The highest BCUT2D eigenvalue weighted by atomic mass is 35.5. The highest BCUT2D eigenvalue weighted by Gasteiger charge is 2.49. The Balaban J connectivity index is 1.56.